The van der Waals surface area contributed by atoms with Crippen LogP contribution in [0.25, 0.3) is 5.57 Å². The fourth-order valence-corrected chi connectivity index (χ4v) is 2.39. The molecule has 0 heterocycles. The van der Waals surface area contributed by atoms with Gasteiger partial charge in [-0.1, -0.05) is 49.4 Å². The van der Waals surface area contributed by atoms with Crippen molar-refractivity contribution in [1.29, 1.82) is 0 Å². The number of aromatic hydroxyl groups is 1. The number of benzene rings is 2. The van der Waals surface area contributed by atoms with E-state index >= 15 is 0 Å². The molecule has 22 heavy (non-hydrogen) atoms. The minimum Gasteiger partial charge on any atom is -0.508 e. The lowest BCUT2D eigenvalue weighted by molar-refractivity contribution is -0.138. The summed E-state index contributed by atoms with van der Waals surface area (Å²) in [6, 6.07) is 16.6. The summed E-state index contributed by atoms with van der Waals surface area (Å²) in [7, 11) is 0. The second-order valence-electron chi connectivity index (χ2n) is 4.84. The third-order valence-corrected chi connectivity index (χ3v) is 3.40. The lowest BCUT2D eigenvalue weighted by atomic mass is 9.92. The predicted molar refractivity (Wildman–Crippen MR) is 87.5 cm³/mol. The second kappa shape index (κ2) is 7.46. The van der Waals surface area contributed by atoms with E-state index in [-0.39, 0.29) is 11.7 Å². The van der Waals surface area contributed by atoms with E-state index in [1.165, 1.54) is 0 Å². The van der Waals surface area contributed by atoms with Crippen LogP contribution in [0.5, 0.6) is 5.75 Å². The van der Waals surface area contributed by atoms with Gasteiger partial charge in [0, 0.05) is 5.57 Å². The largest absolute Gasteiger partial charge is 0.508 e. The molecule has 114 valence electrons. The van der Waals surface area contributed by atoms with Crippen LogP contribution in [-0.2, 0) is 9.53 Å². The van der Waals surface area contributed by atoms with Gasteiger partial charge in [-0.05, 0) is 42.2 Å². The average Bonchev–Trinajstić information content (AvgIpc) is 2.54. The summed E-state index contributed by atoms with van der Waals surface area (Å²) < 4.78 is 5.20. The van der Waals surface area contributed by atoms with Crippen LogP contribution >= 0.6 is 0 Å². The summed E-state index contributed by atoms with van der Waals surface area (Å²) in [4.78, 5) is 12.3. The molecule has 3 heteroatoms. The Labute approximate surface area is 130 Å². The van der Waals surface area contributed by atoms with Gasteiger partial charge >= 0.3 is 5.97 Å². The molecule has 0 aliphatic rings. The predicted octanol–water partition coefficient (Wildman–Crippen LogP) is 4.17. The Morgan fingerprint density at radius 2 is 1.55 bits per heavy atom. The normalized spacial score (nSPS) is 11.7. The van der Waals surface area contributed by atoms with Crippen LogP contribution < -0.4 is 0 Å². The summed E-state index contributed by atoms with van der Waals surface area (Å²) in [6.45, 7) is 4.09. The van der Waals surface area contributed by atoms with E-state index in [2.05, 4.69) is 0 Å². The van der Waals surface area contributed by atoms with Gasteiger partial charge in [0.25, 0.3) is 0 Å². The molecule has 0 bridgehead atoms. The number of hydrogen-bond acceptors (Lipinski definition) is 3. The first-order valence-electron chi connectivity index (χ1n) is 7.42. The molecule has 2 rings (SSSR count). The zero-order valence-corrected chi connectivity index (χ0v) is 12.9. The molecule has 0 aliphatic carbocycles. The first-order valence-corrected chi connectivity index (χ1v) is 7.42. The molecular weight excluding hydrogens is 276 g/mol. The Morgan fingerprint density at radius 1 is 0.955 bits per heavy atom. The summed E-state index contributed by atoms with van der Waals surface area (Å²) in [5.74, 6) is -0.0951. The minimum atomic E-state index is -0.295. The summed E-state index contributed by atoms with van der Waals surface area (Å²) >= 11 is 0. The van der Waals surface area contributed by atoms with E-state index in [0.29, 0.717) is 18.6 Å². The van der Waals surface area contributed by atoms with Crippen LogP contribution in [0.4, 0.5) is 0 Å². The molecule has 0 amide bonds. The number of esters is 1. The van der Waals surface area contributed by atoms with E-state index in [4.69, 9.17) is 4.74 Å². The number of hydrogen-bond donors (Lipinski definition) is 1. The molecule has 2 aromatic rings. The molecule has 0 aromatic heterocycles. The van der Waals surface area contributed by atoms with E-state index in [0.717, 1.165) is 16.7 Å². The van der Waals surface area contributed by atoms with Crippen molar-refractivity contribution < 1.29 is 14.6 Å². The highest BCUT2D eigenvalue weighted by molar-refractivity contribution is 6.01. The highest BCUT2D eigenvalue weighted by Crippen LogP contribution is 2.30. The average molecular weight is 296 g/mol. The van der Waals surface area contributed by atoms with E-state index in [1.807, 2.05) is 49.4 Å². The fourth-order valence-electron chi connectivity index (χ4n) is 2.39. The molecule has 0 unspecified atom stereocenters. The Balaban J connectivity index is 2.63. The molecule has 1 N–H and O–H groups in total. The van der Waals surface area contributed by atoms with Crippen LogP contribution in [0, 0.1) is 0 Å². The van der Waals surface area contributed by atoms with Crippen molar-refractivity contribution in [2.45, 2.75) is 20.3 Å². The van der Waals surface area contributed by atoms with Crippen molar-refractivity contribution in [3.63, 3.8) is 0 Å². The molecule has 0 radical (unpaired) electrons. The van der Waals surface area contributed by atoms with Gasteiger partial charge in [-0.3, -0.25) is 0 Å². The maximum atomic E-state index is 12.3. The Kier molecular flexibility index (Phi) is 5.37. The summed E-state index contributed by atoms with van der Waals surface area (Å²) in [5.41, 5.74) is 3.33. The van der Waals surface area contributed by atoms with Crippen molar-refractivity contribution in [1.82, 2.24) is 0 Å². The zero-order chi connectivity index (χ0) is 15.9. The Morgan fingerprint density at radius 3 is 2.09 bits per heavy atom. The fraction of sp³-hybridized carbons (Fsp3) is 0.211. The van der Waals surface area contributed by atoms with Gasteiger partial charge in [0.15, 0.2) is 0 Å². The monoisotopic (exact) mass is 296 g/mol. The molecule has 0 atom stereocenters. The number of phenolic OH excluding ortho intramolecular Hbond substituents is 1. The van der Waals surface area contributed by atoms with Crippen molar-refractivity contribution in [2.75, 3.05) is 6.61 Å². The van der Waals surface area contributed by atoms with Crippen LogP contribution in [0.15, 0.2) is 60.2 Å². The van der Waals surface area contributed by atoms with Crippen LogP contribution in [0.3, 0.4) is 0 Å². The highest BCUT2D eigenvalue weighted by Gasteiger charge is 2.18. The SMILES string of the molecule is CCOC(=O)/C(CC)=C(\c1ccccc1)c1ccc(O)cc1. The van der Waals surface area contributed by atoms with E-state index in [9.17, 15) is 9.90 Å². The van der Waals surface area contributed by atoms with Crippen molar-refractivity contribution in [3.8, 4) is 5.75 Å². The van der Waals surface area contributed by atoms with Crippen LogP contribution in [0.1, 0.15) is 31.4 Å². The number of carbonyl (C=O) groups excluding carboxylic acids is 1. The number of ether oxygens (including phenoxy) is 1. The van der Waals surface area contributed by atoms with Gasteiger partial charge in [0.05, 0.1) is 6.61 Å². The van der Waals surface area contributed by atoms with Gasteiger partial charge < -0.3 is 9.84 Å². The van der Waals surface area contributed by atoms with Crippen molar-refractivity contribution >= 4 is 11.5 Å². The van der Waals surface area contributed by atoms with E-state index in [1.54, 1.807) is 19.1 Å². The quantitative estimate of drug-likeness (QED) is 0.665. The van der Waals surface area contributed by atoms with Crippen LogP contribution in [-0.4, -0.2) is 17.7 Å². The maximum Gasteiger partial charge on any atom is 0.334 e. The van der Waals surface area contributed by atoms with Gasteiger partial charge in [-0.25, -0.2) is 4.79 Å². The van der Waals surface area contributed by atoms with Gasteiger partial charge in [-0.15, -0.1) is 0 Å². The number of carbonyl (C=O) groups is 1. The number of phenols is 1. The third-order valence-electron chi connectivity index (χ3n) is 3.40. The molecule has 0 fully saturated rings. The molecule has 0 saturated carbocycles. The molecule has 0 aliphatic heterocycles. The standard InChI is InChI=1S/C19H20O3/c1-3-17(19(21)22-4-2)18(14-8-6-5-7-9-14)15-10-12-16(20)13-11-15/h5-13,20H,3-4H2,1-2H3/b18-17+. The second-order valence-corrected chi connectivity index (χ2v) is 4.84. The zero-order valence-electron chi connectivity index (χ0n) is 12.9. The minimum absolute atomic E-state index is 0.199. The molecule has 0 saturated heterocycles. The topological polar surface area (TPSA) is 46.5 Å². The van der Waals surface area contributed by atoms with E-state index < -0.39 is 0 Å². The maximum absolute atomic E-state index is 12.3. The highest BCUT2D eigenvalue weighted by atomic mass is 16.5. The van der Waals surface area contributed by atoms with Crippen molar-refractivity contribution in [2.24, 2.45) is 0 Å². The summed E-state index contributed by atoms with van der Waals surface area (Å²) in [6.07, 6.45) is 0.573. The molecular formula is C19H20O3. The Bertz CT molecular complexity index is 655. The molecule has 0 spiro atoms. The first kappa shape index (κ1) is 15.8. The molecule has 2 aromatic carbocycles. The molecule has 3 nitrogen and oxygen atoms in total. The van der Waals surface area contributed by atoms with Gasteiger partial charge in [0.1, 0.15) is 5.75 Å². The first-order chi connectivity index (χ1) is 10.7. The third kappa shape index (κ3) is 3.55. The lowest BCUT2D eigenvalue weighted by Crippen LogP contribution is -2.10. The van der Waals surface area contributed by atoms with Crippen molar-refractivity contribution in [3.05, 3.63) is 71.3 Å². The smallest absolute Gasteiger partial charge is 0.334 e. The van der Waals surface area contributed by atoms with Gasteiger partial charge in [0.2, 0.25) is 0 Å². The summed E-state index contributed by atoms with van der Waals surface area (Å²) in [5, 5.41) is 9.49. The van der Waals surface area contributed by atoms with Gasteiger partial charge in [-0.2, -0.15) is 0 Å². The van der Waals surface area contributed by atoms with Crippen LogP contribution in [0.2, 0.25) is 0 Å². The lowest BCUT2D eigenvalue weighted by Gasteiger charge is -2.14. The number of rotatable bonds is 5. The Hall–Kier alpha value is -2.55.